The van der Waals surface area contributed by atoms with Crippen LogP contribution in [0.2, 0.25) is 0 Å². The minimum absolute atomic E-state index is 0. The maximum Gasteiger partial charge on any atom is 0.277 e. The number of halogens is 1. The van der Waals surface area contributed by atoms with Crippen LogP contribution in [0.3, 0.4) is 0 Å². The van der Waals surface area contributed by atoms with Gasteiger partial charge in [-0.15, -0.1) is 12.4 Å². The average molecular weight is 419 g/mol. The Balaban J connectivity index is 0.00000240. The molecule has 1 unspecified atom stereocenters. The van der Waals surface area contributed by atoms with E-state index in [-0.39, 0.29) is 35.5 Å². The number of ether oxygens (including phenoxy) is 1. The van der Waals surface area contributed by atoms with Crippen LogP contribution in [0.25, 0.3) is 11.5 Å². The van der Waals surface area contributed by atoms with Gasteiger partial charge in [-0.3, -0.25) is 19.3 Å². The lowest BCUT2D eigenvalue weighted by atomic mass is 10.2. The van der Waals surface area contributed by atoms with Crippen LogP contribution >= 0.6 is 12.4 Å². The van der Waals surface area contributed by atoms with E-state index < -0.39 is 11.8 Å². The van der Waals surface area contributed by atoms with Crippen LogP contribution in [0.15, 0.2) is 35.2 Å². The number of hydrogen-bond acceptors (Lipinski definition) is 7. The largest absolute Gasteiger partial charge is 0.444 e. The van der Waals surface area contributed by atoms with Crippen molar-refractivity contribution in [2.75, 3.05) is 18.5 Å². The van der Waals surface area contributed by atoms with E-state index in [9.17, 15) is 9.59 Å². The Kier molecular flexibility index (Phi) is 5.95. The lowest BCUT2D eigenvalue weighted by Crippen LogP contribution is -2.18. The molecule has 0 radical (unpaired) electrons. The van der Waals surface area contributed by atoms with Crippen LogP contribution < -0.4 is 11.1 Å². The second kappa shape index (κ2) is 8.41. The first-order valence-corrected chi connectivity index (χ1v) is 8.68. The highest BCUT2D eigenvalue weighted by Gasteiger charge is 2.24. The molecule has 1 atom stereocenters. The van der Waals surface area contributed by atoms with E-state index in [2.05, 4.69) is 20.4 Å². The number of aryl methyl sites for hydroxylation is 1. The van der Waals surface area contributed by atoms with Gasteiger partial charge in [-0.1, -0.05) is 0 Å². The number of anilines is 1. The van der Waals surface area contributed by atoms with Crippen molar-refractivity contribution in [3.63, 3.8) is 0 Å². The molecule has 1 aliphatic heterocycles. The van der Waals surface area contributed by atoms with E-state index in [0.717, 1.165) is 12.1 Å². The highest BCUT2D eigenvalue weighted by molar-refractivity contribution is 6.07. The molecule has 0 aromatic carbocycles. The fraction of sp³-hybridized carbons (Fsp3) is 0.278. The van der Waals surface area contributed by atoms with Gasteiger partial charge in [0.05, 0.1) is 18.3 Å². The molecular weight excluding hydrogens is 400 g/mol. The lowest BCUT2D eigenvalue weighted by molar-refractivity contribution is 0.0995. The average Bonchev–Trinajstić information content (AvgIpc) is 3.41. The summed E-state index contributed by atoms with van der Waals surface area (Å²) in [7, 11) is 0. The van der Waals surface area contributed by atoms with Crippen molar-refractivity contribution in [1.29, 1.82) is 0 Å². The number of nitrogens with one attached hydrogen (secondary N) is 1. The summed E-state index contributed by atoms with van der Waals surface area (Å²) < 4.78 is 12.3. The van der Waals surface area contributed by atoms with Gasteiger partial charge in [0.15, 0.2) is 11.4 Å². The molecule has 0 saturated carbocycles. The Morgan fingerprint density at radius 2 is 2.21 bits per heavy atom. The van der Waals surface area contributed by atoms with E-state index in [0.29, 0.717) is 24.7 Å². The zero-order valence-electron chi connectivity index (χ0n) is 15.5. The first-order valence-electron chi connectivity index (χ1n) is 8.68. The minimum Gasteiger partial charge on any atom is -0.444 e. The highest BCUT2D eigenvalue weighted by Crippen LogP contribution is 2.24. The van der Waals surface area contributed by atoms with Gasteiger partial charge in [-0.05, 0) is 25.5 Å². The third kappa shape index (κ3) is 4.28. The number of rotatable bonds is 5. The number of pyridine rings is 1. The number of amides is 2. The third-order valence-corrected chi connectivity index (χ3v) is 4.37. The summed E-state index contributed by atoms with van der Waals surface area (Å²) in [6, 6.07) is 3.53. The van der Waals surface area contributed by atoms with E-state index >= 15 is 0 Å². The molecular formula is C18H19ClN6O4. The molecule has 10 nitrogen and oxygen atoms in total. The molecule has 11 heteroatoms. The van der Waals surface area contributed by atoms with E-state index in [1.54, 1.807) is 29.2 Å². The van der Waals surface area contributed by atoms with Crippen LogP contribution in [0.5, 0.6) is 0 Å². The smallest absolute Gasteiger partial charge is 0.277 e. The van der Waals surface area contributed by atoms with Crippen LogP contribution in [-0.2, 0) is 4.74 Å². The Morgan fingerprint density at radius 1 is 1.38 bits per heavy atom. The Labute approximate surface area is 171 Å². The fourth-order valence-electron chi connectivity index (χ4n) is 2.96. The molecule has 3 N–H and O–H groups in total. The first kappa shape index (κ1) is 20.5. The number of aromatic nitrogens is 4. The molecule has 0 bridgehead atoms. The number of nitrogens with two attached hydrogens (primary N) is 1. The molecule has 3 aromatic rings. The fourth-order valence-corrected chi connectivity index (χ4v) is 2.96. The van der Waals surface area contributed by atoms with Gasteiger partial charge >= 0.3 is 0 Å². The molecule has 3 aromatic heterocycles. The molecule has 2 amide bonds. The van der Waals surface area contributed by atoms with Crippen LogP contribution in [0.4, 0.5) is 5.69 Å². The monoisotopic (exact) mass is 418 g/mol. The van der Waals surface area contributed by atoms with Crippen molar-refractivity contribution in [2.24, 2.45) is 5.73 Å². The molecule has 1 saturated heterocycles. The zero-order chi connectivity index (χ0) is 19.7. The molecule has 1 fully saturated rings. The second-order valence-corrected chi connectivity index (χ2v) is 6.43. The first-order chi connectivity index (χ1) is 13.5. The van der Waals surface area contributed by atoms with Gasteiger partial charge in [0, 0.05) is 30.3 Å². The van der Waals surface area contributed by atoms with Crippen LogP contribution in [0.1, 0.15) is 39.1 Å². The maximum absolute atomic E-state index is 12.6. The van der Waals surface area contributed by atoms with Gasteiger partial charge in [-0.25, -0.2) is 4.98 Å². The Hall–Kier alpha value is -3.24. The summed E-state index contributed by atoms with van der Waals surface area (Å²) >= 11 is 0. The summed E-state index contributed by atoms with van der Waals surface area (Å²) in [5.74, 6) is -0.976. The Bertz CT molecular complexity index is 1040. The van der Waals surface area contributed by atoms with Gasteiger partial charge < -0.3 is 20.2 Å². The number of carbonyl (C=O) groups excluding carboxylic acids is 2. The van der Waals surface area contributed by atoms with Gasteiger partial charge in [0.2, 0.25) is 5.89 Å². The predicted octanol–water partition coefficient (Wildman–Crippen LogP) is 1.98. The SMILES string of the molecule is Cc1cc(-c2nc(C(=O)Nc3cn(C4CCOC4)nc3C(N)=O)co2)ccn1.Cl. The van der Waals surface area contributed by atoms with E-state index in [1.807, 2.05) is 6.92 Å². The quantitative estimate of drug-likeness (QED) is 0.645. The number of nitrogens with zero attached hydrogens (tertiary/aromatic N) is 4. The Morgan fingerprint density at radius 3 is 2.90 bits per heavy atom. The minimum atomic E-state index is -0.735. The number of carbonyl (C=O) groups is 2. The third-order valence-electron chi connectivity index (χ3n) is 4.37. The van der Waals surface area contributed by atoms with E-state index in [1.165, 1.54) is 6.26 Å². The summed E-state index contributed by atoms with van der Waals surface area (Å²) in [5, 5.41) is 6.83. The van der Waals surface area contributed by atoms with Crippen LogP contribution in [-0.4, -0.2) is 44.8 Å². The van der Waals surface area contributed by atoms with Crippen molar-refractivity contribution in [1.82, 2.24) is 19.7 Å². The number of primary amides is 1. The normalized spacial score (nSPS) is 15.7. The van der Waals surface area contributed by atoms with Gasteiger partial charge in [-0.2, -0.15) is 5.10 Å². The summed E-state index contributed by atoms with van der Waals surface area (Å²) in [6.07, 6.45) is 5.23. The van der Waals surface area contributed by atoms with Crippen molar-refractivity contribution >= 4 is 29.9 Å². The summed E-state index contributed by atoms with van der Waals surface area (Å²) in [4.78, 5) is 32.6. The predicted molar refractivity (Wildman–Crippen MR) is 105 cm³/mol. The van der Waals surface area contributed by atoms with Crippen molar-refractivity contribution in [3.8, 4) is 11.5 Å². The zero-order valence-corrected chi connectivity index (χ0v) is 16.3. The maximum atomic E-state index is 12.6. The highest BCUT2D eigenvalue weighted by atomic mass is 35.5. The topological polar surface area (TPSA) is 138 Å². The number of oxazole rings is 1. The van der Waals surface area contributed by atoms with Gasteiger partial charge in [0.25, 0.3) is 11.8 Å². The lowest BCUT2D eigenvalue weighted by Gasteiger charge is -2.06. The van der Waals surface area contributed by atoms with Crippen LogP contribution in [0, 0.1) is 6.92 Å². The molecule has 0 spiro atoms. The molecule has 152 valence electrons. The van der Waals surface area contributed by atoms with Crippen molar-refractivity contribution in [3.05, 3.63) is 47.9 Å². The standard InChI is InChI=1S/C18H18N6O4.ClH/c1-10-6-11(2-4-20-10)18-22-14(9-28-18)17(26)21-13-7-24(12-3-5-27-8-12)23-15(13)16(19)25;/h2,4,6-7,9,12H,3,5,8H2,1H3,(H2,19,25)(H,21,26);1H. The second-order valence-electron chi connectivity index (χ2n) is 6.43. The molecule has 0 aliphatic carbocycles. The summed E-state index contributed by atoms with van der Waals surface area (Å²) in [6.45, 7) is 2.96. The van der Waals surface area contributed by atoms with Crippen molar-refractivity contribution < 1.29 is 18.7 Å². The van der Waals surface area contributed by atoms with E-state index in [4.69, 9.17) is 14.9 Å². The molecule has 4 heterocycles. The van der Waals surface area contributed by atoms with Gasteiger partial charge in [0.1, 0.15) is 6.26 Å². The summed E-state index contributed by atoms with van der Waals surface area (Å²) in [5.41, 5.74) is 7.17. The molecule has 29 heavy (non-hydrogen) atoms. The molecule has 4 rings (SSSR count). The molecule has 1 aliphatic rings. The van der Waals surface area contributed by atoms with Crippen molar-refractivity contribution in [2.45, 2.75) is 19.4 Å². The number of hydrogen-bond donors (Lipinski definition) is 2.